The molecule has 26 heavy (non-hydrogen) atoms. The van der Waals surface area contributed by atoms with E-state index in [1.807, 2.05) is 0 Å². The summed E-state index contributed by atoms with van der Waals surface area (Å²) in [6, 6.07) is 12.5. The molecule has 0 unspecified atom stereocenters. The van der Waals surface area contributed by atoms with Crippen LogP contribution in [0, 0.1) is 23.4 Å². The fourth-order valence-corrected chi connectivity index (χ4v) is 7.82. The van der Waals surface area contributed by atoms with Crippen molar-refractivity contribution in [1.82, 2.24) is 0 Å². The van der Waals surface area contributed by atoms with E-state index in [4.69, 9.17) is 0 Å². The number of rotatable bonds is 6. The fraction of sp³-hybridized carbons (Fsp3) is 0.455. The minimum Gasteiger partial charge on any atom is -0.207 e. The van der Waals surface area contributed by atoms with Gasteiger partial charge in [-0.25, -0.2) is 13.2 Å². The van der Waals surface area contributed by atoms with Crippen LogP contribution in [0.2, 0.25) is 18.1 Å². The molecule has 2 aromatic carbocycles. The monoisotopic (exact) mass is 376 g/mol. The maximum absolute atomic E-state index is 14.5. The zero-order valence-corrected chi connectivity index (χ0v) is 16.6. The Hall–Kier alpha value is -1.55. The first-order valence-electron chi connectivity index (χ1n) is 9.80. The smallest absolute Gasteiger partial charge is 0.134 e. The first kappa shape index (κ1) is 19.2. The molecule has 0 radical (unpaired) electrons. The molecule has 0 amide bonds. The Morgan fingerprint density at radius 2 is 1.58 bits per heavy atom. The zero-order chi connectivity index (χ0) is 18.5. The van der Waals surface area contributed by atoms with Gasteiger partial charge in [-0.2, -0.15) is 0 Å². The normalized spacial score (nSPS) is 20.3. The lowest BCUT2D eigenvalue weighted by Crippen LogP contribution is -2.21. The highest BCUT2D eigenvalue weighted by Crippen LogP contribution is 2.32. The van der Waals surface area contributed by atoms with E-state index in [0.29, 0.717) is 11.5 Å². The van der Waals surface area contributed by atoms with Crippen molar-refractivity contribution in [2.45, 2.75) is 57.2 Å². The highest BCUT2D eigenvalue weighted by atomic mass is 28.3. The van der Waals surface area contributed by atoms with Crippen LogP contribution >= 0.6 is 0 Å². The van der Waals surface area contributed by atoms with Gasteiger partial charge in [-0.3, -0.25) is 0 Å². The Balaban J connectivity index is 1.62. The minimum atomic E-state index is -0.564. The minimum absolute atomic E-state index is 0.0696. The van der Waals surface area contributed by atoms with E-state index in [1.54, 1.807) is 0 Å². The SMILES string of the molecule is CCC[SiH]1CCC(CCc2cc(F)c(-c3ccc(F)cc3)c(F)c2)CC1. The van der Waals surface area contributed by atoms with Gasteiger partial charge in [0.05, 0.1) is 5.56 Å². The van der Waals surface area contributed by atoms with Crippen molar-refractivity contribution in [1.29, 1.82) is 0 Å². The second-order valence-corrected chi connectivity index (χ2v) is 11.1. The van der Waals surface area contributed by atoms with E-state index in [0.717, 1.165) is 18.4 Å². The van der Waals surface area contributed by atoms with Gasteiger partial charge in [-0.1, -0.05) is 56.5 Å². The van der Waals surface area contributed by atoms with E-state index in [-0.39, 0.29) is 5.56 Å². The van der Waals surface area contributed by atoms with Crippen molar-refractivity contribution in [2.24, 2.45) is 5.92 Å². The van der Waals surface area contributed by atoms with Crippen LogP contribution in [0.25, 0.3) is 11.1 Å². The highest BCUT2D eigenvalue weighted by molar-refractivity contribution is 6.58. The number of halogens is 3. The molecule has 1 aliphatic heterocycles. The Bertz CT molecular complexity index is 696. The molecule has 0 saturated carbocycles. The number of hydrogen-bond donors (Lipinski definition) is 0. The average molecular weight is 377 g/mol. The Morgan fingerprint density at radius 1 is 0.962 bits per heavy atom. The predicted octanol–water partition coefficient (Wildman–Crippen LogP) is 6.75. The van der Waals surface area contributed by atoms with Crippen molar-refractivity contribution >= 4 is 8.80 Å². The third-order valence-corrected chi connectivity index (χ3v) is 9.43. The molecule has 0 nitrogen and oxygen atoms in total. The van der Waals surface area contributed by atoms with Crippen molar-refractivity contribution < 1.29 is 13.2 Å². The van der Waals surface area contributed by atoms with Gasteiger partial charge in [0.25, 0.3) is 0 Å². The second kappa shape index (κ2) is 8.89. The van der Waals surface area contributed by atoms with Crippen molar-refractivity contribution in [3.63, 3.8) is 0 Å². The van der Waals surface area contributed by atoms with Crippen molar-refractivity contribution in [3.8, 4) is 11.1 Å². The summed E-state index contributed by atoms with van der Waals surface area (Å²) in [6.45, 7) is 2.28. The highest BCUT2D eigenvalue weighted by Gasteiger charge is 2.21. The molecule has 140 valence electrons. The number of benzene rings is 2. The van der Waals surface area contributed by atoms with Gasteiger partial charge >= 0.3 is 0 Å². The largest absolute Gasteiger partial charge is 0.207 e. The summed E-state index contributed by atoms with van der Waals surface area (Å²) < 4.78 is 42.0. The van der Waals surface area contributed by atoms with Gasteiger partial charge < -0.3 is 0 Å². The third kappa shape index (κ3) is 4.79. The quantitative estimate of drug-likeness (QED) is 0.489. The molecule has 0 spiro atoms. The Morgan fingerprint density at radius 3 is 2.15 bits per heavy atom. The molecule has 0 atom stereocenters. The van der Waals surface area contributed by atoms with Gasteiger partial charge in [-0.05, 0) is 54.2 Å². The maximum Gasteiger partial charge on any atom is 0.134 e. The van der Waals surface area contributed by atoms with Crippen LogP contribution in [-0.2, 0) is 6.42 Å². The summed E-state index contributed by atoms with van der Waals surface area (Å²) in [5.41, 5.74) is 1.02. The van der Waals surface area contributed by atoms with Crippen molar-refractivity contribution in [3.05, 3.63) is 59.4 Å². The van der Waals surface area contributed by atoms with Gasteiger partial charge in [0, 0.05) is 8.80 Å². The molecule has 1 aliphatic rings. The molecule has 1 saturated heterocycles. The molecule has 0 bridgehead atoms. The topological polar surface area (TPSA) is 0 Å². The fourth-order valence-electron chi connectivity index (χ4n) is 4.25. The van der Waals surface area contributed by atoms with E-state index in [2.05, 4.69) is 6.92 Å². The predicted molar refractivity (Wildman–Crippen MR) is 105 cm³/mol. The molecule has 1 heterocycles. The summed E-state index contributed by atoms with van der Waals surface area (Å²) in [7, 11) is -0.472. The lowest BCUT2D eigenvalue weighted by Gasteiger charge is -2.27. The molecule has 2 aromatic rings. The molecule has 3 rings (SSSR count). The van der Waals surface area contributed by atoms with Gasteiger partial charge in [0.2, 0.25) is 0 Å². The molecule has 1 fully saturated rings. The second-order valence-electron chi connectivity index (χ2n) is 7.66. The first-order valence-corrected chi connectivity index (χ1v) is 12.3. The maximum atomic E-state index is 14.5. The molecular formula is C22H27F3Si. The molecule has 0 aromatic heterocycles. The standard InChI is InChI=1S/C22H27F3Si/c1-2-11-26-12-9-16(10-13-26)3-4-17-14-20(24)22(21(25)15-17)18-5-7-19(23)8-6-18/h5-8,14-16,26H,2-4,9-13H2,1H3. The van der Waals surface area contributed by atoms with Crippen LogP contribution in [-0.4, -0.2) is 8.80 Å². The molecule has 4 heteroatoms. The first-order chi connectivity index (χ1) is 12.6. The number of hydrogen-bond acceptors (Lipinski definition) is 0. The summed E-state index contributed by atoms with van der Waals surface area (Å²) in [6.07, 6.45) is 5.66. The lowest BCUT2D eigenvalue weighted by molar-refractivity contribution is 0.436. The van der Waals surface area contributed by atoms with Crippen LogP contribution in [0.5, 0.6) is 0 Å². The van der Waals surface area contributed by atoms with E-state index >= 15 is 0 Å². The Kier molecular flexibility index (Phi) is 6.57. The molecule has 0 N–H and O–H groups in total. The van der Waals surface area contributed by atoms with Crippen LogP contribution in [0.3, 0.4) is 0 Å². The average Bonchev–Trinajstić information content (AvgIpc) is 2.62. The summed E-state index contributed by atoms with van der Waals surface area (Å²) in [5.74, 6) is -0.835. The summed E-state index contributed by atoms with van der Waals surface area (Å²) in [5, 5.41) is 0. The van der Waals surface area contributed by atoms with E-state index < -0.39 is 26.2 Å². The van der Waals surface area contributed by atoms with Crippen LogP contribution < -0.4 is 0 Å². The van der Waals surface area contributed by atoms with Gasteiger partial charge in [0.15, 0.2) is 0 Å². The van der Waals surface area contributed by atoms with Crippen LogP contribution in [0.4, 0.5) is 13.2 Å². The molecule has 0 aliphatic carbocycles. The van der Waals surface area contributed by atoms with E-state index in [1.165, 1.54) is 73.8 Å². The van der Waals surface area contributed by atoms with Crippen LogP contribution in [0.1, 0.15) is 38.2 Å². The lowest BCUT2D eigenvalue weighted by atomic mass is 9.93. The summed E-state index contributed by atoms with van der Waals surface area (Å²) in [4.78, 5) is 0. The van der Waals surface area contributed by atoms with Crippen LogP contribution in [0.15, 0.2) is 36.4 Å². The molecular weight excluding hydrogens is 349 g/mol. The van der Waals surface area contributed by atoms with E-state index in [9.17, 15) is 13.2 Å². The third-order valence-electron chi connectivity index (χ3n) is 5.74. The van der Waals surface area contributed by atoms with Crippen molar-refractivity contribution in [2.75, 3.05) is 0 Å². The van der Waals surface area contributed by atoms with Gasteiger partial charge in [-0.15, -0.1) is 0 Å². The number of aryl methyl sites for hydroxylation is 1. The Labute approximate surface area is 156 Å². The van der Waals surface area contributed by atoms with Gasteiger partial charge in [0.1, 0.15) is 17.5 Å². The summed E-state index contributed by atoms with van der Waals surface area (Å²) >= 11 is 0. The zero-order valence-electron chi connectivity index (χ0n) is 15.4.